The molecule has 0 bridgehead atoms. The second-order valence-electron chi connectivity index (χ2n) is 9.25. The van der Waals surface area contributed by atoms with Gasteiger partial charge >= 0.3 is 5.97 Å². The summed E-state index contributed by atoms with van der Waals surface area (Å²) in [5.41, 5.74) is 0.850. The van der Waals surface area contributed by atoms with E-state index in [-0.39, 0.29) is 24.8 Å². The van der Waals surface area contributed by atoms with Crippen molar-refractivity contribution in [1.29, 1.82) is 0 Å². The van der Waals surface area contributed by atoms with Crippen LogP contribution in [0.5, 0.6) is 0 Å². The molecule has 2 saturated heterocycles. The third-order valence-electron chi connectivity index (χ3n) is 7.92. The summed E-state index contributed by atoms with van der Waals surface area (Å²) in [4.78, 5) is 12.9. The molecule has 2 heterocycles. The van der Waals surface area contributed by atoms with E-state index >= 15 is 0 Å². The first-order valence-corrected chi connectivity index (χ1v) is 10.9. The standard InChI is InChI=1S/C25H30O6/c1-4-24(15-28-13-17-8-6-5-7-9-17)19-11-10-18-14-29-22(26)21(30-16-27-3)25(18,19)12-20-23(24,2)31-20/h4-9,11,18,20-21H,1,10,12-16H2,2-3H3/t18-,20-,21-,23-,24-,25+/m0/s1. The molecule has 0 amide bonds. The molecular weight excluding hydrogens is 396 g/mol. The molecule has 5 rings (SSSR count). The predicted molar refractivity (Wildman–Crippen MR) is 113 cm³/mol. The summed E-state index contributed by atoms with van der Waals surface area (Å²) in [5, 5.41) is 0. The van der Waals surface area contributed by atoms with Crippen molar-refractivity contribution in [1.82, 2.24) is 0 Å². The van der Waals surface area contributed by atoms with Gasteiger partial charge in [0.2, 0.25) is 0 Å². The number of esters is 1. The van der Waals surface area contributed by atoms with Crippen LogP contribution in [0.2, 0.25) is 0 Å². The Morgan fingerprint density at radius 1 is 1.29 bits per heavy atom. The molecule has 4 aliphatic rings. The molecule has 1 aromatic carbocycles. The van der Waals surface area contributed by atoms with Gasteiger partial charge in [0.05, 0.1) is 31.3 Å². The molecule has 166 valence electrons. The first-order valence-electron chi connectivity index (χ1n) is 10.9. The van der Waals surface area contributed by atoms with Crippen LogP contribution in [-0.2, 0) is 35.1 Å². The highest BCUT2D eigenvalue weighted by Gasteiger charge is 2.77. The van der Waals surface area contributed by atoms with Gasteiger partial charge in [-0.25, -0.2) is 4.79 Å². The van der Waals surface area contributed by atoms with E-state index in [1.54, 1.807) is 7.11 Å². The van der Waals surface area contributed by atoms with Crippen LogP contribution in [0.15, 0.2) is 54.6 Å². The molecule has 1 spiro atoms. The second-order valence-corrected chi connectivity index (χ2v) is 9.25. The number of fused-ring (bicyclic) bond motifs is 1. The summed E-state index contributed by atoms with van der Waals surface area (Å²) in [6.07, 6.45) is 5.10. The molecule has 6 heteroatoms. The molecule has 31 heavy (non-hydrogen) atoms. The fourth-order valence-corrected chi connectivity index (χ4v) is 6.22. The van der Waals surface area contributed by atoms with Gasteiger partial charge in [-0.05, 0) is 30.9 Å². The summed E-state index contributed by atoms with van der Waals surface area (Å²) >= 11 is 0. The fraction of sp³-hybridized carbons (Fsp3) is 0.560. The van der Waals surface area contributed by atoms with Crippen molar-refractivity contribution in [3.05, 3.63) is 60.2 Å². The quantitative estimate of drug-likeness (QED) is 0.275. The highest BCUT2D eigenvalue weighted by Crippen LogP contribution is 2.72. The number of hydrogen-bond acceptors (Lipinski definition) is 6. The van der Waals surface area contributed by atoms with Crippen LogP contribution < -0.4 is 0 Å². The fourth-order valence-electron chi connectivity index (χ4n) is 6.22. The Bertz CT molecular complexity index is 897. The Hall–Kier alpha value is -1.99. The van der Waals surface area contributed by atoms with Crippen LogP contribution in [0, 0.1) is 16.7 Å². The zero-order chi connectivity index (χ0) is 21.7. The van der Waals surface area contributed by atoms with Crippen molar-refractivity contribution in [2.75, 3.05) is 27.1 Å². The Morgan fingerprint density at radius 3 is 2.84 bits per heavy atom. The Kier molecular flexibility index (Phi) is 5.09. The second kappa shape index (κ2) is 7.55. The van der Waals surface area contributed by atoms with E-state index in [0.717, 1.165) is 24.0 Å². The number of benzene rings is 1. The number of methoxy groups -OCH3 is 1. The van der Waals surface area contributed by atoms with E-state index in [9.17, 15) is 4.79 Å². The van der Waals surface area contributed by atoms with Crippen molar-refractivity contribution >= 4 is 5.97 Å². The average Bonchev–Trinajstić information content (AvgIpc) is 3.30. The maximum atomic E-state index is 12.9. The largest absolute Gasteiger partial charge is 0.463 e. The smallest absolute Gasteiger partial charge is 0.336 e. The van der Waals surface area contributed by atoms with Crippen LogP contribution in [0.3, 0.4) is 0 Å². The lowest BCUT2D eigenvalue weighted by Gasteiger charge is -2.54. The minimum Gasteiger partial charge on any atom is -0.463 e. The number of hydrogen-bond donors (Lipinski definition) is 0. The molecule has 2 aliphatic heterocycles. The highest BCUT2D eigenvalue weighted by atomic mass is 16.7. The Labute approximate surface area is 183 Å². The molecule has 1 aromatic rings. The number of carbonyl (C=O) groups is 1. The molecule has 6 nitrogen and oxygen atoms in total. The predicted octanol–water partition coefficient (Wildman–Crippen LogP) is 3.42. The zero-order valence-corrected chi connectivity index (χ0v) is 18.2. The van der Waals surface area contributed by atoms with E-state index in [1.807, 2.05) is 24.3 Å². The van der Waals surface area contributed by atoms with Crippen molar-refractivity contribution in [3.8, 4) is 0 Å². The van der Waals surface area contributed by atoms with Gasteiger partial charge in [-0.15, -0.1) is 6.58 Å². The monoisotopic (exact) mass is 426 g/mol. The van der Waals surface area contributed by atoms with Gasteiger partial charge in [-0.3, -0.25) is 0 Å². The Balaban J connectivity index is 1.49. The van der Waals surface area contributed by atoms with Crippen molar-refractivity contribution in [2.24, 2.45) is 16.7 Å². The SMILES string of the molecule is C=C[C@]1(COCc2ccccc2)C2=CC[C@H]3COC(=O)[C@H](OCOC)[C@@]23C[C@@H]2O[C@@]21C. The summed E-state index contributed by atoms with van der Waals surface area (Å²) in [7, 11) is 1.56. The topological polar surface area (TPSA) is 66.5 Å². The number of cyclic esters (lactones) is 1. The number of epoxide rings is 1. The van der Waals surface area contributed by atoms with Gasteiger partial charge in [0.15, 0.2) is 6.10 Å². The third kappa shape index (κ3) is 2.89. The maximum Gasteiger partial charge on any atom is 0.336 e. The number of allylic oxidation sites excluding steroid dienone is 1. The number of carbonyl (C=O) groups excluding carboxylic acids is 1. The van der Waals surface area contributed by atoms with E-state index < -0.39 is 22.5 Å². The van der Waals surface area contributed by atoms with Crippen LogP contribution >= 0.6 is 0 Å². The third-order valence-corrected chi connectivity index (χ3v) is 7.92. The minimum absolute atomic E-state index is 0.0168. The molecule has 1 saturated carbocycles. The van der Waals surface area contributed by atoms with Gasteiger partial charge < -0.3 is 23.7 Å². The van der Waals surface area contributed by atoms with E-state index in [2.05, 4.69) is 31.7 Å². The van der Waals surface area contributed by atoms with Crippen molar-refractivity contribution < 1.29 is 28.5 Å². The first kappa shape index (κ1) is 20.9. The summed E-state index contributed by atoms with van der Waals surface area (Å²) in [6.45, 7) is 7.74. The molecule has 6 atom stereocenters. The van der Waals surface area contributed by atoms with Crippen LogP contribution in [0.4, 0.5) is 0 Å². The van der Waals surface area contributed by atoms with Gasteiger partial charge in [-0.2, -0.15) is 0 Å². The first-order chi connectivity index (χ1) is 15.0. The van der Waals surface area contributed by atoms with Gasteiger partial charge in [0.1, 0.15) is 12.4 Å². The summed E-state index contributed by atoms with van der Waals surface area (Å²) in [6, 6.07) is 10.1. The molecule has 3 fully saturated rings. The molecular formula is C25H30O6. The molecule has 0 unspecified atom stereocenters. The maximum absolute atomic E-state index is 12.9. The van der Waals surface area contributed by atoms with E-state index in [4.69, 9.17) is 23.7 Å². The lowest BCUT2D eigenvalue weighted by atomic mass is 9.51. The van der Waals surface area contributed by atoms with Crippen LogP contribution in [-0.4, -0.2) is 50.9 Å². The molecule has 2 aliphatic carbocycles. The lowest BCUT2D eigenvalue weighted by Crippen LogP contribution is -2.61. The zero-order valence-electron chi connectivity index (χ0n) is 18.2. The molecule has 0 aromatic heterocycles. The highest BCUT2D eigenvalue weighted by molar-refractivity contribution is 5.79. The van der Waals surface area contributed by atoms with Crippen LogP contribution in [0.1, 0.15) is 25.3 Å². The summed E-state index contributed by atoms with van der Waals surface area (Å²) < 4.78 is 29.2. The summed E-state index contributed by atoms with van der Waals surface area (Å²) in [5.74, 6) is -0.169. The molecule has 0 N–H and O–H groups in total. The average molecular weight is 427 g/mol. The van der Waals surface area contributed by atoms with Gasteiger partial charge in [-0.1, -0.05) is 42.5 Å². The lowest BCUT2D eigenvalue weighted by molar-refractivity contribution is -0.202. The van der Waals surface area contributed by atoms with Crippen molar-refractivity contribution in [3.63, 3.8) is 0 Å². The van der Waals surface area contributed by atoms with E-state index in [0.29, 0.717) is 19.8 Å². The van der Waals surface area contributed by atoms with Gasteiger partial charge in [0, 0.05) is 18.4 Å². The van der Waals surface area contributed by atoms with Gasteiger partial charge in [0.25, 0.3) is 0 Å². The van der Waals surface area contributed by atoms with E-state index in [1.165, 1.54) is 0 Å². The number of ether oxygens (including phenoxy) is 5. The minimum atomic E-state index is -0.720. The van der Waals surface area contributed by atoms with Crippen molar-refractivity contribution in [2.45, 2.75) is 44.2 Å². The normalized spacial score (nSPS) is 40.3. The Morgan fingerprint density at radius 2 is 2.10 bits per heavy atom. The van der Waals surface area contributed by atoms with Crippen LogP contribution in [0.25, 0.3) is 0 Å². The number of rotatable bonds is 8. The molecule has 0 radical (unpaired) electrons.